The molecule has 0 spiro atoms. The first-order valence-electron chi connectivity index (χ1n) is 8.32. The molecule has 1 atom stereocenters. The Morgan fingerprint density at radius 2 is 1.85 bits per heavy atom. The fraction of sp³-hybridized carbons (Fsp3) is 0.333. The molecule has 0 bridgehead atoms. The normalized spacial score (nSPS) is 12.3. The van der Waals surface area contributed by atoms with E-state index in [-0.39, 0.29) is 31.1 Å². The van der Waals surface area contributed by atoms with E-state index in [1.54, 1.807) is 12.1 Å². The highest BCUT2D eigenvalue weighted by molar-refractivity contribution is 5.22. The number of aromatic nitrogens is 5. The summed E-state index contributed by atoms with van der Waals surface area (Å²) in [6.45, 7) is 3.84. The molecular formula is C18H21N5O3. The average molecular weight is 355 g/mol. The van der Waals surface area contributed by atoms with Gasteiger partial charge in [-0.2, -0.15) is 10.2 Å². The van der Waals surface area contributed by atoms with Crippen LogP contribution in [0, 0.1) is 13.8 Å². The van der Waals surface area contributed by atoms with Gasteiger partial charge in [0.2, 0.25) is 0 Å². The second kappa shape index (κ2) is 7.59. The van der Waals surface area contributed by atoms with Gasteiger partial charge in [0.15, 0.2) is 5.82 Å². The van der Waals surface area contributed by atoms with Gasteiger partial charge in [-0.25, -0.2) is 14.3 Å². The second-order valence-corrected chi connectivity index (χ2v) is 6.05. The molecule has 0 radical (unpaired) electrons. The van der Waals surface area contributed by atoms with Crippen molar-refractivity contribution in [2.45, 2.75) is 33.0 Å². The molecule has 0 aliphatic carbocycles. The van der Waals surface area contributed by atoms with Crippen LogP contribution in [-0.4, -0.2) is 41.4 Å². The van der Waals surface area contributed by atoms with Gasteiger partial charge in [-0.15, -0.1) is 0 Å². The molecule has 26 heavy (non-hydrogen) atoms. The van der Waals surface area contributed by atoms with Crippen LogP contribution in [0.1, 0.15) is 34.6 Å². The topological polar surface area (TPSA) is 106 Å². The van der Waals surface area contributed by atoms with E-state index in [2.05, 4.69) is 15.2 Å². The number of aliphatic hydroxyl groups is 2. The second-order valence-electron chi connectivity index (χ2n) is 6.05. The zero-order chi connectivity index (χ0) is 18.7. The van der Waals surface area contributed by atoms with Crippen molar-refractivity contribution in [1.82, 2.24) is 24.5 Å². The van der Waals surface area contributed by atoms with Crippen LogP contribution in [-0.2, 0) is 13.1 Å². The minimum absolute atomic E-state index is 0.106. The SMILES string of the molecule is Cc1cc(=O)n(Cc2nc([C@H](O)c3ccccc3)nn2CCO)nc1C. The summed E-state index contributed by atoms with van der Waals surface area (Å²) in [4.78, 5) is 16.6. The lowest BCUT2D eigenvalue weighted by molar-refractivity contribution is 0.208. The van der Waals surface area contributed by atoms with Crippen LogP contribution in [0.4, 0.5) is 0 Å². The first kappa shape index (κ1) is 18.0. The van der Waals surface area contributed by atoms with Crippen LogP contribution in [0.25, 0.3) is 0 Å². The van der Waals surface area contributed by atoms with Gasteiger partial charge in [-0.1, -0.05) is 30.3 Å². The van der Waals surface area contributed by atoms with Crippen molar-refractivity contribution < 1.29 is 10.2 Å². The van der Waals surface area contributed by atoms with Gasteiger partial charge in [-0.3, -0.25) is 4.79 Å². The Bertz CT molecular complexity index is 949. The largest absolute Gasteiger partial charge is 0.394 e. The molecule has 0 fully saturated rings. The summed E-state index contributed by atoms with van der Waals surface area (Å²) in [5, 5.41) is 28.4. The van der Waals surface area contributed by atoms with E-state index in [0.717, 1.165) is 11.3 Å². The Hall–Kier alpha value is -2.84. The number of rotatable bonds is 6. The smallest absolute Gasteiger partial charge is 0.267 e. The Kier molecular flexibility index (Phi) is 5.24. The quantitative estimate of drug-likeness (QED) is 0.670. The maximum absolute atomic E-state index is 12.2. The Morgan fingerprint density at radius 3 is 2.54 bits per heavy atom. The summed E-state index contributed by atoms with van der Waals surface area (Å²) < 4.78 is 2.80. The number of aryl methyl sites for hydroxylation is 2. The highest BCUT2D eigenvalue weighted by Crippen LogP contribution is 2.19. The van der Waals surface area contributed by atoms with Crippen molar-refractivity contribution in [3.8, 4) is 0 Å². The van der Waals surface area contributed by atoms with Gasteiger partial charge >= 0.3 is 0 Å². The molecule has 3 aromatic rings. The third-order valence-corrected chi connectivity index (χ3v) is 4.16. The van der Waals surface area contributed by atoms with Crippen molar-refractivity contribution >= 4 is 0 Å². The predicted octanol–water partition coefficient (Wildman–Crippen LogP) is 0.574. The van der Waals surface area contributed by atoms with E-state index in [0.29, 0.717) is 11.4 Å². The molecule has 1 aromatic carbocycles. The molecule has 3 rings (SSSR count). The van der Waals surface area contributed by atoms with Gasteiger partial charge in [0.1, 0.15) is 18.5 Å². The average Bonchev–Trinajstić information content (AvgIpc) is 3.03. The third kappa shape index (κ3) is 3.71. The van der Waals surface area contributed by atoms with Crippen LogP contribution in [0.15, 0.2) is 41.2 Å². The van der Waals surface area contributed by atoms with Gasteiger partial charge in [0.25, 0.3) is 5.56 Å². The molecule has 0 aliphatic heterocycles. The standard InChI is InChI=1S/C18H21N5O3/c1-12-10-16(25)23(20-13(12)2)11-15-19-18(21-22(15)8-9-24)17(26)14-6-4-3-5-7-14/h3-7,10,17,24,26H,8-9,11H2,1-2H3/t17-/m1/s1. The number of nitrogens with zero attached hydrogens (tertiary/aromatic N) is 5. The summed E-state index contributed by atoms with van der Waals surface area (Å²) in [5.41, 5.74) is 2.00. The molecule has 8 heteroatoms. The van der Waals surface area contributed by atoms with Crippen LogP contribution >= 0.6 is 0 Å². The summed E-state index contributed by atoms with van der Waals surface area (Å²) >= 11 is 0. The molecule has 0 unspecified atom stereocenters. The van der Waals surface area contributed by atoms with Crippen molar-refractivity contribution in [2.24, 2.45) is 0 Å². The van der Waals surface area contributed by atoms with Crippen molar-refractivity contribution in [1.29, 1.82) is 0 Å². The zero-order valence-electron chi connectivity index (χ0n) is 14.7. The van der Waals surface area contributed by atoms with Crippen LogP contribution in [0.3, 0.4) is 0 Å². The summed E-state index contributed by atoms with van der Waals surface area (Å²) in [6.07, 6.45) is -0.987. The number of hydrogen-bond acceptors (Lipinski definition) is 6. The molecule has 0 aliphatic rings. The highest BCUT2D eigenvalue weighted by Gasteiger charge is 2.19. The minimum atomic E-state index is -0.987. The zero-order valence-corrected chi connectivity index (χ0v) is 14.7. The fourth-order valence-corrected chi connectivity index (χ4v) is 2.61. The van der Waals surface area contributed by atoms with E-state index < -0.39 is 6.10 Å². The van der Waals surface area contributed by atoms with E-state index in [1.165, 1.54) is 15.4 Å². The molecule has 2 N–H and O–H groups in total. The summed E-state index contributed by atoms with van der Waals surface area (Å²) in [7, 11) is 0. The fourth-order valence-electron chi connectivity index (χ4n) is 2.61. The minimum Gasteiger partial charge on any atom is -0.394 e. The van der Waals surface area contributed by atoms with Gasteiger partial charge in [-0.05, 0) is 25.0 Å². The lowest BCUT2D eigenvalue weighted by Gasteiger charge is -2.07. The van der Waals surface area contributed by atoms with Gasteiger partial charge in [0, 0.05) is 6.07 Å². The van der Waals surface area contributed by atoms with Gasteiger partial charge in [0.05, 0.1) is 18.8 Å². The van der Waals surface area contributed by atoms with Crippen LogP contribution in [0.5, 0.6) is 0 Å². The first-order chi connectivity index (χ1) is 12.5. The molecule has 8 nitrogen and oxygen atoms in total. The molecule has 0 amide bonds. The van der Waals surface area contributed by atoms with E-state index in [4.69, 9.17) is 0 Å². The van der Waals surface area contributed by atoms with Crippen molar-refractivity contribution in [3.63, 3.8) is 0 Å². The molecule has 0 saturated heterocycles. The lowest BCUT2D eigenvalue weighted by atomic mass is 10.1. The summed E-state index contributed by atoms with van der Waals surface area (Å²) in [5.74, 6) is 0.665. The van der Waals surface area contributed by atoms with E-state index >= 15 is 0 Å². The highest BCUT2D eigenvalue weighted by atomic mass is 16.3. The van der Waals surface area contributed by atoms with E-state index in [9.17, 15) is 15.0 Å². The van der Waals surface area contributed by atoms with Crippen molar-refractivity contribution in [3.05, 3.63) is 75.2 Å². The van der Waals surface area contributed by atoms with Gasteiger partial charge < -0.3 is 10.2 Å². The monoisotopic (exact) mass is 355 g/mol. The van der Waals surface area contributed by atoms with E-state index in [1.807, 2.05) is 32.0 Å². The summed E-state index contributed by atoms with van der Waals surface area (Å²) in [6, 6.07) is 10.6. The number of hydrogen-bond donors (Lipinski definition) is 2. The molecule has 0 saturated carbocycles. The van der Waals surface area contributed by atoms with Crippen molar-refractivity contribution in [2.75, 3.05) is 6.61 Å². The maximum atomic E-state index is 12.2. The first-order valence-corrected chi connectivity index (χ1v) is 8.32. The molecule has 2 heterocycles. The number of aliphatic hydroxyl groups excluding tert-OH is 2. The lowest BCUT2D eigenvalue weighted by Crippen LogP contribution is -2.26. The van der Waals surface area contributed by atoms with Crippen LogP contribution in [0.2, 0.25) is 0 Å². The van der Waals surface area contributed by atoms with Crippen LogP contribution < -0.4 is 5.56 Å². The predicted molar refractivity (Wildman–Crippen MR) is 94.7 cm³/mol. The molecule has 136 valence electrons. The Labute approximate surface area is 150 Å². The third-order valence-electron chi connectivity index (χ3n) is 4.16. The molecule has 2 aromatic heterocycles. The number of benzene rings is 1. The maximum Gasteiger partial charge on any atom is 0.267 e. The Morgan fingerprint density at radius 1 is 1.12 bits per heavy atom. The Balaban J connectivity index is 1.95. The molecular weight excluding hydrogens is 334 g/mol.